The maximum absolute atomic E-state index is 13.1. The number of amides is 2. The number of phenols is 1. The van der Waals surface area contributed by atoms with E-state index in [0.29, 0.717) is 5.56 Å². The molecule has 150 valence electrons. The summed E-state index contributed by atoms with van der Waals surface area (Å²) in [4.78, 5) is 40.2. The summed E-state index contributed by atoms with van der Waals surface area (Å²) in [5.41, 5.74) is 0.194. The van der Waals surface area contributed by atoms with Crippen molar-refractivity contribution in [2.75, 3.05) is 14.2 Å². The number of ether oxygens (including phenoxy) is 1. The molecule has 0 spiro atoms. The van der Waals surface area contributed by atoms with Crippen LogP contribution in [0.1, 0.15) is 17.2 Å². The van der Waals surface area contributed by atoms with Crippen LogP contribution in [0.3, 0.4) is 0 Å². The van der Waals surface area contributed by atoms with Crippen LogP contribution in [-0.2, 0) is 25.5 Å². The highest BCUT2D eigenvalue weighted by Crippen LogP contribution is 2.50. The van der Waals surface area contributed by atoms with Gasteiger partial charge in [-0.3, -0.25) is 24.6 Å². The zero-order valence-electron chi connectivity index (χ0n) is 16.2. The number of carbonyl (C=O) groups is 3. The lowest BCUT2D eigenvalue weighted by Gasteiger charge is -2.32. The van der Waals surface area contributed by atoms with E-state index in [9.17, 15) is 19.5 Å². The molecule has 4 rings (SSSR count). The van der Waals surface area contributed by atoms with Crippen molar-refractivity contribution in [1.29, 1.82) is 0 Å². The van der Waals surface area contributed by atoms with Crippen LogP contribution in [0.5, 0.6) is 5.75 Å². The molecule has 2 fully saturated rings. The summed E-state index contributed by atoms with van der Waals surface area (Å²) < 4.78 is 5.12. The molecule has 0 unspecified atom stereocenters. The number of phenolic OH excluding ortho intramolecular Hbond substituents is 1. The Balaban J connectivity index is 1.85. The van der Waals surface area contributed by atoms with Crippen molar-refractivity contribution in [3.63, 3.8) is 0 Å². The quantitative estimate of drug-likeness (QED) is 0.602. The first-order valence-corrected chi connectivity index (χ1v) is 9.39. The van der Waals surface area contributed by atoms with Crippen molar-refractivity contribution in [2.24, 2.45) is 11.8 Å². The van der Waals surface area contributed by atoms with Gasteiger partial charge in [0.15, 0.2) is 0 Å². The second kappa shape index (κ2) is 7.00. The number of nitrogens with zero attached hydrogens (tertiary/aromatic N) is 1. The van der Waals surface area contributed by atoms with Crippen LogP contribution in [0.2, 0.25) is 0 Å². The maximum atomic E-state index is 13.1. The highest BCUT2D eigenvalue weighted by atomic mass is 16.5. The van der Waals surface area contributed by atoms with Crippen LogP contribution in [-0.4, -0.2) is 47.5 Å². The van der Waals surface area contributed by atoms with Crippen LogP contribution in [0.15, 0.2) is 54.6 Å². The number of benzene rings is 2. The molecule has 2 N–H and O–H groups in total. The summed E-state index contributed by atoms with van der Waals surface area (Å²) in [5.74, 6) is -2.82. The zero-order valence-corrected chi connectivity index (χ0v) is 16.2. The van der Waals surface area contributed by atoms with Gasteiger partial charge >= 0.3 is 5.97 Å². The summed E-state index contributed by atoms with van der Waals surface area (Å²) in [6, 6.07) is 15.2. The standard InChI is InChI=1S/C22H22N2O5/c1-24-19(26)16-17(20(24)27)22(21(28)29-2,12-13-6-4-3-5-7-13)23-18(16)14-8-10-15(25)11-9-14/h3-11,16-18,23,25H,12H2,1-2H3/t16-,17+,18+,22+/m0/s1. The van der Waals surface area contributed by atoms with Crippen molar-refractivity contribution in [3.05, 3.63) is 65.7 Å². The molecular weight excluding hydrogens is 372 g/mol. The molecule has 0 saturated carbocycles. The first kappa shape index (κ1) is 19.1. The topological polar surface area (TPSA) is 95.9 Å². The van der Waals surface area contributed by atoms with Gasteiger partial charge in [-0.2, -0.15) is 0 Å². The molecule has 0 radical (unpaired) electrons. The minimum absolute atomic E-state index is 0.0951. The number of aromatic hydroxyl groups is 1. The molecule has 7 heteroatoms. The highest BCUT2D eigenvalue weighted by Gasteiger charge is 2.68. The third-order valence-electron chi connectivity index (χ3n) is 6.00. The summed E-state index contributed by atoms with van der Waals surface area (Å²) in [6.45, 7) is 0. The molecule has 7 nitrogen and oxygen atoms in total. The van der Waals surface area contributed by atoms with Gasteiger partial charge in [0.1, 0.15) is 11.3 Å². The molecule has 2 amide bonds. The molecule has 0 bridgehead atoms. The fourth-order valence-corrected chi connectivity index (χ4v) is 4.64. The van der Waals surface area contributed by atoms with Gasteiger partial charge in [-0.05, 0) is 23.3 Å². The fraction of sp³-hybridized carbons (Fsp3) is 0.318. The van der Waals surface area contributed by atoms with E-state index in [-0.39, 0.29) is 18.1 Å². The van der Waals surface area contributed by atoms with Gasteiger partial charge in [0, 0.05) is 19.5 Å². The zero-order chi connectivity index (χ0) is 20.8. The Labute approximate surface area is 168 Å². The monoisotopic (exact) mass is 394 g/mol. The van der Waals surface area contributed by atoms with Gasteiger partial charge in [0.2, 0.25) is 11.8 Å². The molecule has 2 aromatic carbocycles. The Morgan fingerprint density at radius 1 is 1.10 bits per heavy atom. The second-order valence-corrected chi connectivity index (χ2v) is 7.58. The van der Waals surface area contributed by atoms with E-state index >= 15 is 0 Å². The third kappa shape index (κ3) is 2.89. The molecule has 2 heterocycles. The molecule has 2 saturated heterocycles. The van der Waals surface area contributed by atoms with E-state index in [0.717, 1.165) is 10.5 Å². The van der Waals surface area contributed by atoms with Crippen LogP contribution in [0, 0.1) is 11.8 Å². The van der Waals surface area contributed by atoms with Crippen molar-refractivity contribution in [3.8, 4) is 5.75 Å². The van der Waals surface area contributed by atoms with Gasteiger partial charge in [0.05, 0.1) is 18.9 Å². The molecule has 29 heavy (non-hydrogen) atoms. The molecule has 2 aromatic rings. The van der Waals surface area contributed by atoms with E-state index in [1.165, 1.54) is 26.3 Å². The number of esters is 1. The summed E-state index contributed by atoms with van der Waals surface area (Å²) in [7, 11) is 2.73. The Bertz CT molecular complexity index is 959. The first-order valence-electron chi connectivity index (χ1n) is 9.39. The molecule has 4 atom stereocenters. The van der Waals surface area contributed by atoms with Crippen molar-refractivity contribution in [2.45, 2.75) is 18.0 Å². The SMILES string of the molecule is COC(=O)[C@]1(Cc2ccccc2)N[C@H](c2ccc(O)cc2)[C@H]2C(=O)N(C)C(=O)[C@@H]21. The van der Waals surface area contributed by atoms with Crippen molar-refractivity contribution < 1.29 is 24.2 Å². The van der Waals surface area contributed by atoms with Crippen LogP contribution >= 0.6 is 0 Å². The number of rotatable bonds is 4. The van der Waals surface area contributed by atoms with Crippen LogP contribution < -0.4 is 5.32 Å². The molecular formula is C22H22N2O5. The number of nitrogens with one attached hydrogen (secondary N) is 1. The minimum Gasteiger partial charge on any atom is -0.508 e. The second-order valence-electron chi connectivity index (χ2n) is 7.58. The van der Waals surface area contributed by atoms with Crippen LogP contribution in [0.25, 0.3) is 0 Å². The lowest BCUT2D eigenvalue weighted by molar-refractivity contribution is -0.153. The van der Waals surface area contributed by atoms with E-state index in [4.69, 9.17) is 4.74 Å². The van der Waals surface area contributed by atoms with Crippen LogP contribution in [0.4, 0.5) is 0 Å². The highest BCUT2D eigenvalue weighted by molar-refractivity contribution is 6.09. The first-order chi connectivity index (χ1) is 13.9. The number of hydrogen-bond acceptors (Lipinski definition) is 6. The number of imide groups is 1. The van der Waals surface area contributed by atoms with Gasteiger partial charge in [-0.25, -0.2) is 0 Å². The van der Waals surface area contributed by atoms with E-state index < -0.39 is 35.3 Å². The Morgan fingerprint density at radius 2 is 1.76 bits per heavy atom. The van der Waals surface area contributed by atoms with Crippen molar-refractivity contribution >= 4 is 17.8 Å². The van der Waals surface area contributed by atoms with E-state index in [2.05, 4.69) is 5.32 Å². The normalized spacial score (nSPS) is 28.5. The van der Waals surface area contributed by atoms with E-state index in [1.54, 1.807) is 12.1 Å². The number of methoxy groups -OCH3 is 1. The Morgan fingerprint density at radius 3 is 2.38 bits per heavy atom. The summed E-state index contributed by atoms with van der Waals surface area (Å²) >= 11 is 0. The molecule has 2 aliphatic rings. The van der Waals surface area contributed by atoms with Crippen molar-refractivity contribution in [1.82, 2.24) is 10.2 Å². The Kier molecular flexibility index (Phi) is 4.62. The number of fused-ring (bicyclic) bond motifs is 1. The molecule has 0 aromatic heterocycles. The predicted molar refractivity (Wildman–Crippen MR) is 104 cm³/mol. The average molecular weight is 394 g/mol. The lowest BCUT2D eigenvalue weighted by atomic mass is 9.76. The molecule has 2 aliphatic heterocycles. The average Bonchev–Trinajstić information content (AvgIpc) is 3.19. The van der Waals surface area contributed by atoms with E-state index in [1.807, 2.05) is 30.3 Å². The van der Waals surface area contributed by atoms with Gasteiger partial charge in [-0.15, -0.1) is 0 Å². The van der Waals surface area contributed by atoms with Gasteiger partial charge < -0.3 is 9.84 Å². The minimum atomic E-state index is -1.37. The summed E-state index contributed by atoms with van der Waals surface area (Å²) in [6.07, 6.45) is 0.211. The lowest BCUT2D eigenvalue weighted by Crippen LogP contribution is -2.57. The Hall–Kier alpha value is -3.19. The number of likely N-dealkylation sites (tertiary alicyclic amines) is 1. The summed E-state index contributed by atoms with van der Waals surface area (Å²) in [5, 5.41) is 12.9. The maximum Gasteiger partial charge on any atom is 0.327 e. The molecule has 0 aliphatic carbocycles. The van der Waals surface area contributed by atoms with Gasteiger partial charge in [-0.1, -0.05) is 42.5 Å². The number of carbonyl (C=O) groups excluding carboxylic acids is 3. The third-order valence-corrected chi connectivity index (χ3v) is 6.00. The smallest absolute Gasteiger partial charge is 0.327 e. The predicted octanol–water partition coefficient (Wildman–Crippen LogP) is 1.42. The largest absolute Gasteiger partial charge is 0.508 e. The fourth-order valence-electron chi connectivity index (χ4n) is 4.64. The number of hydrogen-bond donors (Lipinski definition) is 2. The van der Waals surface area contributed by atoms with Gasteiger partial charge in [0.25, 0.3) is 0 Å².